The van der Waals surface area contributed by atoms with Gasteiger partial charge in [-0.25, -0.2) is 0 Å². The lowest BCUT2D eigenvalue weighted by Gasteiger charge is -2.11. The van der Waals surface area contributed by atoms with Crippen LogP contribution in [0.1, 0.15) is 29.8 Å². The Morgan fingerprint density at radius 2 is 2.16 bits per heavy atom. The number of nitriles is 1. The molecular formula is C14H15N3OS. The van der Waals surface area contributed by atoms with Crippen molar-refractivity contribution < 1.29 is 5.11 Å². The number of aliphatic hydroxyl groups excluding tert-OH is 1. The van der Waals surface area contributed by atoms with Crippen LogP contribution in [0.5, 0.6) is 0 Å². The topological polar surface area (TPSA) is 61.8 Å². The Morgan fingerprint density at radius 3 is 2.68 bits per heavy atom. The maximum absolute atomic E-state index is 9.80. The average molecular weight is 273 g/mol. The molecule has 4 nitrogen and oxygen atoms in total. The van der Waals surface area contributed by atoms with E-state index in [0.29, 0.717) is 5.56 Å². The number of nitrogens with zero attached hydrogens (tertiary/aromatic N) is 3. The molecule has 1 aromatic carbocycles. The van der Waals surface area contributed by atoms with E-state index in [0.717, 1.165) is 21.2 Å². The Balaban J connectivity index is 2.43. The maximum atomic E-state index is 9.80. The molecule has 0 bridgehead atoms. The largest absolute Gasteiger partial charge is 0.389 e. The minimum Gasteiger partial charge on any atom is -0.389 e. The number of hydrogen-bond donors (Lipinski definition) is 1. The predicted octanol–water partition coefficient (Wildman–Crippen LogP) is 2.80. The van der Waals surface area contributed by atoms with Crippen molar-refractivity contribution in [3.8, 4) is 6.07 Å². The fraction of sp³-hybridized carbons (Fsp3) is 0.286. The van der Waals surface area contributed by atoms with E-state index in [9.17, 15) is 5.11 Å². The van der Waals surface area contributed by atoms with Gasteiger partial charge in [0.2, 0.25) is 0 Å². The minimum atomic E-state index is -0.565. The smallest absolute Gasteiger partial charge is 0.0992 e. The highest BCUT2D eigenvalue weighted by molar-refractivity contribution is 7.99. The molecule has 2 aromatic rings. The number of aryl methyl sites for hydroxylation is 2. The number of benzene rings is 1. The summed E-state index contributed by atoms with van der Waals surface area (Å²) in [4.78, 5) is 0.886. The summed E-state index contributed by atoms with van der Waals surface area (Å²) < 4.78 is 1.80. The van der Waals surface area contributed by atoms with E-state index in [1.807, 2.05) is 20.0 Å². The maximum Gasteiger partial charge on any atom is 0.0992 e. The molecule has 0 saturated carbocycles. The Labute approximate surface area is 116 Å². The van der Waals surface area contributed by atoms with Crippen LogP contribution in [-0.2, 0) is 7.05 Å². The quantitative estimate of drug-likeness (QED) is 0.934. The summed E-state index contributed by atoms with van der Waals surface area (Å²) in [5.74, 6) is 0. The number of hydrogen-bond acceptors (Lipinski definition) is 4. The molecule has 19 heavy (non-hydrogen) atoms. The standard InChI is InChI=1S/C14H15N3OS/c1-9-6-14(17(3)16-9)19-13-7-11(8-15)4-5-12(13)10(2)18/h4-7,10,18H,1-3H3/t10-/m1/s1. The van der Waals surface area contributed by atoms with Crippen LogP contribution >= 0.6 is 11.8 Å². The third-order valence-corrected chi connectivity index (χ3v) is 3.93. The van der Waals surface area contributed by atoms with Gasteiger partial charge in [0.05, 0.1) is 28.5 Å². The number of aliphatic hydroxyl groups is 1. The molecule has 0 spiro atoms. The van der Waals surface area contributed by atoms with Crippen LogP contribution in [0.3, 0.4) is 0 Å². The van der Waals surface area contributed by atoms with Gasteiger partial charge in [0.15, 0.2) is 0 Å². The third kappa shape index (κ3) is 2.98. The molecule has 1 aromatic heterocycles. The van der Waals surface area contributed by atoms with Crippen molar-refractivity contribution in [2.45, 2.75) is 29.9 Å². The first-order chi connectivity index (χ1) is 9.01. The fourth-order valence-electron chi connectivity index (χ4n) is 1.83. The number of aromatic nitrogens is 2. The molecule has 0 fully saturated rings. The Hall–Kier alpha value is -1.77. The summed E-state index contributed by atoms with van der Waals surface area (Å²) in [5.41, 5.74) is 2.36. The lowest BCUT2D eigenvalue weighted by atomic mass is 10.1. The van der Waals surface area contributed by atoms with Crippen molar-refractivity contribution in [1.82, 2.24) is 9.78 Å². The molecule has 0 aliphatic carbocycles. The molecule has 0 aliphatic rings. The lowest BCUT2D eigenvalue weighted by Crippen LogP contribution is -1.97. The second-order valence-corrected chi connectivity index (χ2v) is 5.45. The first kappa shape index (κ1) is 13.7. The van der Waals surface area contributed by atoms with Gasteiger partial charge in [-0.05, 0) is 37.6 Å². The molecule has 2 rings (SSSR count). The van der Waals surface area contributed by atoms with Gasteiger partial charge in [0.1, 0.15) is 0 Å². The summed E-state index contributed by atoms with van der Waals surface area (Å²) in [6, 6.07) is 9.43. The van der Waals surface area contributed by atoms with Gasteiger partial charge in [-0.15, -0.1) is 0 Å². The zero-order valence-electron chi connectivity index (χ0n) is 11.1. The Kier molecular flexibility index (Phi) is 3.93. The van der Waals surface area contributed by atoms with Crippen LogP contribution in [-0.4, -0.2) is 14.9 Å². The molecule has 98 valence electrons. The predicted molar refractivity (Wildman–Crippen MR) is 73.9 cm³/mol. The molecule has 1 heterocycles. The Morgan fingerprint density at radius 1 is 1.42 bits per heavy atom. The van der Waals surface area contributed by atoms with Crippen molar-refractivity contribution in [3.05, 3.63) is 41.1 Å². The van der Waals surface area contributed by atoms with Gasteiger partial charge >= 0.3 is 0 Å². The van der Waals surface area contributed by atoms with Crippen molar-refractivity contribution >= 4 is 11.8 Å². The first-order valence-corrected chi connectivity index (χ1v) is 6.73. The molecule has 0 radical (unpaired) electrons. The normalized spacial score (nSPS) is 12.2. The van der Waals surface area contributed by atoms with Gasteiger partial charge in [-0.2, -0.15) is 10.4 Å². The van der Waals surface area contributed by atoms with Crippen molar-refractivity contribution in [2.75, 3.05) is 0 Å². The fourth-order valence-corrected chi connectivity index (χ4v) is 3.00. The van der Waals surface area contributed by atoms with Crippen LogP contribution < -0.4 is 0 Å². The highest BCUT2D eigenvalue weighted by Crippen LogP contribution is 2.34. The highest BCUT2D eigenvalue weighted by Gasteiger charge is 2.12. The average Bonchev–Trinajstić information content (AvgIpc) is 2.67. The molecule has 0 aliphatic heterocycles. The van der Waals surface area contributed by atoms with E-state index >= 15 is 0 Å². The van der Waals surface area contributed by atoms with Gasteiger partial charge < -0.3 is 5.11 Å². The molecule has 0 unspecified atom stereocenters. The SMILES string of the molecule is Cc1cc(Sc2cc(C#N)ccc2[C@@H](C)O)n(C)n1. The number of rotatable bonds is 3. The van der Waals surface area contributed by atoms with Gasteiger partial charge in [-0.3, -0.25) is 4.68 Å². The second-order valence-electron chi connectivity index (χ2n) is 4.39. The molecule has 1 atom stereocenters. The van der Waals surface area contributed by atoms with Crippen molar-refractivity contribution in [3.63, 3.8) is 0 Å². The van der Waals surface area contributed by atoms with Crippen LogP contribution in [0.4, 0.5) is 0 Å². The first-order valence-electron chi connectivity index (χ1n) is 5.92. The lowest BCUT2D eigenvalue weighted by molar-refractivity contribution is 0.196. The van der Waals surface area contributed by atoms with E-state index in [2.05, 4.69) is 11.2 Å². The van der Waals surface area contributed by atoms with Crippen molar-refractivity contribution in [1.29, 1.82) is 5.26 Å². The summed E-state index contributed by atoms with van der Waals surface area (Å²) >= 11 is 1.51. The van der Waals surface area contributed by atoms with Crippen LogP contribution in [0.2, 0.25) is 0 Å². The molecule has 1 N–H and O–H groups in total. The molecule has 0 saturated heterocycles. The van der Waals surface area contributed by atoms with Gasteiger partial charge in [0, 0.05) is 11.9 Å². The molecular weight excluding hydrogens is 258 g/mol. The highest BCUT2D eigenvalue weighted by atomic mass is 32.2. The van der Waals surface area contributed by atoms with E-state index < -0.39 is 6.10 Å². The van der Waals surface area contributed by atoms with Crippen LogP contribution in [0.15, 0.2) is 34.2 Å². The van der Waals surface area contributed by atoms with Gasteiger partial charge in [-0.1, -0.05) is 17.8 Å². The summed E-state index contributed by atoms with van der Waals surface area (Å²) in [6.45, 7) is 3.66. The third-order valence-electron chi connectivity index (χ3n) is 2.77. The summed E-state index contributed by atoms with van der Waals surface area (Å²) in [5, 5.41) is 24.1. The van der Waals surface area contributed by atoms with Crippen LogP contribution in [0.25, 0.3) is 0 Å². The zero-order valence-corrected chi connectivity index (χ0v) is 11.9. The molecule has 5 heteroatoms. The van der Waals surface area contributed by atoms with Crippen LogP contribution in [0, 0.1) is 18.3 Å². The summed E-state index contributed by atoms with van der Waals surface area (Å²) in [6.07, 6.45) is -0.565. The van der Waals surface area contributed by atoms with E-state index in [4.69, 9.17) is 5.26 Å². The second kappa shape index (κ2) is 5.47. The van der Waals surface area contributed by atoms with E-state index in [1.54, 1.807) is 29.8 Å². The van der Waals surface area contributed by atoms with Gasteiger partial charge in [0.25, 0.3) is 0 Å². The molecule has 0 amide bonds. The Bertz CT molecular complexity index is 641. The van der Waals surface area contributed by atoms with E-state index in [-0.39, 0.29) is 0 Å². The zero-order chi connectivity index (χ0) is 14.0. The summed E-state index contributed by atoms with van der Waals surface area (Å²) in [7, 11) is 1.88. The minimum absolute atomic E-state index is 0.565. The van der Waals surface area contributed by atoms with E-state index in [1.165, 1.54) is 11.8 Å². The monoisotopic (exact) mass is 273 g/mol. The van der Waals surface area contributed by atoms with Crippen molar-refractivity contribution in [2.24, 2.45) is 7.05 Å².